The fourth-order valence-electron chi connectivity index (χ4n) is 2.44. The molecule has 0 saturated carbocycles. The van der Waals surface area contributed by atoms with E-state index >= 15 is 0 Å². The number of hydrogen-bond acceptors (Lipinski definition) is 3. The van der Waals surface area contributed by atoms with Crippen LogP contribution >= 0.6 is 0 Å². The molecule has 2 aromatic carbocycles. The minimum Gasteiger partial charge on any atom is -0.497 e. The average molecular weight is 299 g/mol. The third-order valence-electron chi connectivity index (χ3n) is 3.75. The molecule has 0 amide bonds. The first-order valence-electron chi connectivity index (χ1n) is 7.78. The molecule has 3 heteroatoms. The van der Waals surface area contributed by atoms with Crippen molar-refractivity contribution in [1.82, 2.24) is 4.90 Å². The summed E-state index contributed by atoms with van der Waals surface area (Å²) in [4.78, 5) is 2.28. The number of aliphatic hydroxyl groups is 1. The summed E-state index contributed by atoms with van der Waals surface area (Å²) < 4.78 is 5.20. The molecule has 0 aliphatic carbocycles. The van der Waals surface area contributed by atoms with Crippen molar-refractivity contribution in [3.63, 3.8) is 0 Å². The van der Waals surface area contributed by atoms with E-state index in [1.54, 1.807) is 7.11 Å². The third kappa shape index (κ3) is 5.17. The summed E-state index contributed by atoms with van der Waals surface area (Å²) in [6.07, 6.45) is 0.482. The predicted octanol–water partition coefficient (Wildman–Crippen LogP) is 3.47. The van der Waals surface area contributed by atoms with Crippen molar-refractivity contribution in [1.29, 1.82) is 0 Å². The van der Waals surface area contributed by atoms with Crippen LogP contribution in [-0.4, -0.2) is 29.8 Å². The Balaban J connectivity index is 2.05. The summed E-state index contributed by atoms with van der Waals surface area (Å²) in [6.45, 7) is 4.34. The summed E-state index contributed by atoms with van der Waals surface area (Å²) in [6, 6.07) is 18.5. The van der Waals surface area contributed by atoms with Crippen LogP contribution in [0.4, 0.5) is 0 Å². The van der Waals surface area contributed by atoms with E-state index in [2.05, 4.69) is 41.3 Å². The van der Waals surface area contributed by atoms with Gasteiger partial charge in [-0.15, -0.1) is 0 Å². The number of methoxy groups -OCH3 is 1. The molecule has 0 fully saturated rings. The van der Waals surface area contributed by atoms with Gasteiger partial charge in [-0.05, 0) is 29.7 Å². The van der Waals surface area contributed by atoms with Gasteiger partial charge < -0.3 is 9.84 Å². The number of hydrogen-bond donors (Lipinski definition) is 1. The molecule has 1 N–H and O–H groups in total. The molecule has 118 valence electrons. The lowest BCUT2D eigenvalue weighted by atomic mass is 10.1. The molecule has 22 heavy (non-hydrogen) atoms. The van der Waals surface area contributed by atoms with Crippen LogP contribution in [0.5, 0.6) is 5.75 Å². The zero-order chi connectivity index (χ0) is 15.8. The SMILES string of the molecule is CC[C@@H](O)CN(Cc1ccccc1)Cc1ccc(OC)cc1. The number of rotatable bonds is 8. The van der Waals surface area contributed by atoms with Crippen molar-refractivity contribution in [3.8, 4) is 5.75 Å². The standard InChI is InChI=1S/C19H25NO2/c1-3-18(21)15-20(13-16-7-5-4-6-8-16)14-17-9-11-19(22-2)12-10-17/h4-12,18,21H,3,13-15H2,1-2H3/t18-/m1/s1. The smallest absolute Gasteiger partial charge is 0.118 e. The average Bonchev–Trinajstić information content (AvgIpc) is 2.56. The van der Waals surface area contributed by atoms with Crippen LogP contribution in [0.15, 0.2) is 54.6 Å². The maximum atomic E-state index is 10.0. The Morgan fingerprint density at radius 1 is 0.955 bits per heavy atom. The Bertz CT molecular complexity index is 539. The molecular weight excluding hydrogens is 274 g/mol. The normalized spacial score (nSPS) is 12.4. The second kappa shape index (κ2) is 8.57. The number of nitrogens with zero attached hydrogens (tertiary/aromatic N) is 1. The van der Waals surface area contributed by atoms with Crippen molar-refractivity contribution in [2.24, 2.45) is 0 Å². The Kier molecular flexibility index (Phi) is 6.44. The van der Waals surface area contributed by atoms with Crippen molar-refractivity contribution < 1.29 is 9.84 Å². The maximum absolute atomic E-state index is 10.0. The van der Waals surface area contributed by atoms with Crippen molar-refractivity contribution in [2.75, 3.05) is 13.7 Å². The van der Waals surface area contributed by atoms with Gasteiger partial charge in [0.1, 0.15) is 5.75 Å². The predicted molar refractivity (Wildman–Crippen MR) is 89.8 cm³/mol. The van der Waals surface area contributed by atoms with E-state index in [0.29, 0.717) is 6.54 Å². The summed E-state index contributed by atoms with van der Waals surface area (Å²) in [5, 5.41) is 10.0. The number of aliphatic hydroxyl groups excluding tert-OH is 1. The lowest BCUT2D eigenvalue weighted by Crippen LogP contribution is -2.31. The maximum Gasteiger partial charge on any atom is 0.118 e. The molecule has 0 spiro atoms. The van der Waals surface area contributed by atoms with Crippen molar-refractivity contribution >= 4 is 0 Å². The molecular formula is C19H25NO2. The first-order chi connectivity index (χ1) is 10.7. The van der Waals surface area contributed by atoms with E-state index < -0.39 is 0 Å². The highest BCUT2D eigenvalue weighted by atomic mass is 16.5. The summed E-state index contributed by atoms with van der Waals surface area (Å²) >= 11 is 0. The van der Waals surface area contributed by atoms with Crippen molar-refractivity contribution in [3.05, 3.63) is 65.7 Å². The number of benzene rings is 2. The van der Waals surface area contributed by atoms with Crippen LogP contribution in [0.1, 0.15) is 24.5 Å². The van der Waals surface area contributed by atoms with Gasteiger partial charge in [0, 0.05) is 19.6 Å². The minimum atomic E-state index is -0.290. The van der Waals surface area contributed by atoms with Crippen LogP contribution in [0.3, 0.4) is 0 Å². The zero-order valence-electron chi connectivity index (χ0n) is 13.4. The van der Waals surface area contributed by atoms with Crippen LogP contribution in [0, 0.1) is 0 Å². The van der Waals surface area contributed by atoms with E-state index in [1.807, 2.05) is 25.1 Å². The summed E-state index contributed by atoms with van der Waals surface area (Å²) in [5.74, 6) is 0.868. The number of ether oxygens (including phenoxy) is 1. The molecule has 0 bridgehead atoms. The van der Waals surface area contributed by atoms with Gasteiger partial charge in [0.25, 0.3) is 0 Å². The zero-order valence-corrected chi connectivity index (χ0v) is 13.4. The first-order valence-corrected chi connectivity index (χ1v) is 7.78. The van der Waals surface area contributed by atoms with Crippen LogP contribution in [0.2, 0.25) is 0 Å². The molecule has 0 saturated heterocycles. The molecule has 0 aliphatic rings. The molecule has 0 unspecified atom stereocenters. The topological polar surface area (TPSA) is 32.7 Å². The Morgan fingerprint density at radius 3 is 2.09 bits per heavy atom. The molecule has 0 aromatic heterocycles. The van der Waals surface area contributed by atoms with Crippen LogP contribution < -0.4 is 4.74 Å². The molecule has 2 rings (SSSR count). The van der Waals surface area contributed by atoms with Crippen molar-refractivity contribution in [2.45, 2.75) is 32.5 Å². The van der Waals surface area contributed by atoms with Gasteiger partial charge in [-0.1, -0.05) is 49.4 Å². The van der Waals surface area contributed by atoms with E-state index in [9.17, 15) is 5.11 Å². The van der Waals surface area contributed by atoms with Crippen LogP contribution in [0.25, 0.3) is 0 Å². The van der Waals surface area contributed by atoms with Gasteiger partial charge in [0.05, 0.1) is 13.2 Å². The van der Waals surface area contributed by atoms with E-state index in [1.165, 1.54) is 11.1 Å². The van der Waals surface area contributed by atoms with Gasteiger partial charge >= 0.3 is 0 Å². The molecule has 2 aromatic rings. The first kappa shape index (κ1) is 16.5. The molecule has 0 radical (unpaired) electrons. The van der Waals surface area contributed by atoms with Gasteiger partial charge in [-0.3, -0.25) is 4.90 Å². The van der Waals surface area contributed by atoms with Gasteiger partial charge in [0.2, 0.25) is 0 Å². The highest BCUT2D eigenvalue weighted by molar-refractivity contribution is 5.27. The largest absolute Gasteiger partial charge is 0.497 e. The van der Waals surface area contributed by atoms with E-state index in [-0.39, 0.29) is 6.10 Å². The lowest BCUT2D eigenvalue weighted by Gasteiger charge is -2.25. The highest BCUT2D eigenvalue weighted by Gasteiger charge is 2.12. The van der Waals surface area contributed by atoms with Crippen LogP contribution in [-0.2, 0) is 13.1 Å². The van der Waals surface area contributed by atoms with E-state index in [0.717, 1.165) is 25.3 Å². The molecule has 1 atom stereocenters. The van der Waals surface area contributed by atoms with Gasteiger partial charge in [-0.2, -0.15) is 0 Å². The Morgan fingerprint density at radius 2 is 1.55 bits per heavy atom. The second-order valence-corrected chi connectivity index (χ2v) is 5.57. The summed E-state index contributed by atoms with van der Waals surface area (Å²) in [7, 11) is 1.67. The Hall–Kier alpha value is -1.84. The van der Waals surface area contributed by atoms with Gasteiger partial charge in [-0.25, -0.2) is 0 Å². The minimum absolute atomic E-state index is 0.290. The third-order valence-corrected chi connectivity index (χ3v) is 3.75. The fourth-order valence-corrected chi connectivity index (χ4v) is 2.44. The van der Waals surface area contributed by atoms with Gasteiger partial charge in [0.15, 0.2) is 0 Å². The Labute approximate surface area is 133 Å². The molecule has 0 heterocycles. The lowest BCUT2D eigenvalue weighted by molar-refractivity contribution is 0.101. The highest BCUT2D eigenvalue weighted by Crippen LogP contribution is 2.15. The van der Waals surface area contributed by atoms with E-state index in [4.69, 9.17) is 4.74 Å². The monoisotopic (exact) mass is 299 g/mol. The molecule has 0 aliphatic heterocycles. The summed E-state index contributed by atoms with van der Waals surface area (Å²) in [5.41, 5.74) is 2.49. The second-order valence-electron chi connectivity index (χ2n) is 5.57. The fraction of sp³-hybridized carbons (Fsp3) is 0.368. The molecule has 3 nitrogen and oxygen atoms in total. The quantitative estimate of drug-likeness (QED) is 0.810.